The first kappa shape index (κ1) is 20.6. The SMILES string of the molecule is CC(C)(C)NC(=O)[C@H]1C2c3ccccc3C(c3ccccc32)[C@@H]1C(=O)NC(C)(C)C. The van der Waals surface area contributed by atoms with Gasteiger partial charge >= 0.3 is 0 Å². The van der Waals surface area contributed by atoms with Crippen LogP contribution in [0.3, 0.4) is 0 Å². The largest absolute Gasteiger partial charge is 0.351 e. The molecule has 2 atom stereocenters. The molecule has 3 aliphatic rings. The summed E-state index contributed by atoms with van der Waals surface area (Å²) in [5.41, 5.74) is 3.98. The first-order valence-corrected chi connectivity index (χ1v) is 10.8. The zero-order valence-electron chi connectivity index (χ0n) is 18.7. The highest BCUT2D eigenvalue weighted by Crippen LogP contribution is 2.58. The van der Waals surface area contributed by atoms with E-state index in [2.05, 4.69) is 34.9 Å². The minimum atomic E-state index is -0.443. The number of nitrogens with one attached hydrogen (secondary N) is 2. The number of hydrogen-bond acceptors (Lipinski definition) is 2. The Morgan fingerprint density at radius 1 is 0.600 bits per heavy atom. The molecule has 0 saturated heterocycles. The smallest absolute Gasteiger partial charge is 0.225 e. The van der Waals surface area contributed by atoms with E-state index in [1.807, 2.05) is 65.8 Å². The molecule has 4 nitrogen and oxygen atoms in total. The van der Waals surface area contributed by atoms with Gasteiger partial charge in [0.25, 0.3) is 0 Å². The minimum absolute atomic E-state index is 0.0458. The second-order valence-electron chi connectivity index (χ2n) is 10.7. The lowest BCUT2D eigenvalue weighted by atomic mass is 9.53. The molecule has 0 unspecified atom stereocenters. The van der Waals surface area contributed by atoms with Crippen molar-refractivity contribution in [3.63, 3.8) is 0 Å². The highest BCUT2D eigenvalue weighted by molar-refractivity contribution is 5.92. The summed E-state index contributed by atoms with van der Waals surface area (Å²) in [6.07, 6.45) is 0. The van der Waals surface area contributed by atoms with Crippen molar-refractivity contribution in [1.29, 1.82) is 0 Å². The number of amides is 2. The van der Waals surface area contributed by atoms with Gasteiger partial charge in [-0.3, -0.25) is 9.59 Å². The van der Waals surface area contributed by atoms with Crippen LogP contribution in [-0.2, 0) is 9.59 Å². The molecule has 2 amide bonds. The van der Waals surface area contributed by atoms with E-state index in [-0.39, 0.29) is 34.7 Å². The molecule has 0 spiro atoms. The third-order valence-electron chi connectivity index (χ3n) is 6.04. The molecule has 0 aromatic heterocycles. The van der Waals surface area contributed by atoms with Gasteiger partial charge in [0.1, 0.15) is 0 Å². The number of benzene rings is 2. The Balaban J connectivity index is 1.91. The van der Waals surface area contributed by atoms with E-state index >= 15 is 0 Å². The van der Waals surface area contributed by atoms with Crippen LogP contribution < -0.4 is 10.6 Å². The van der Waals surface area contributed by atoms with Gasteiger partial charge in [0, 0.05) is 22.9 Å². The van der Waals surface area contributed by atoms with Crippen molar-refractivity contribution >= 4 is 11.8 Å². The third-order valence-corrected chi connectivity index (χ3v) is 6.04. The Labute approximate surface area is 179 Å². The van der Waals surface area contributed by atoms with Crippen LogP contribution >= 0.6 is 0 Å². The predicted octanol–water partition coefficient (Wildman–Crippen LogP) is 4.34. The van der Waals surface area contributed by atoms with Crippen LogP contribution in [0.25, 0.3) is 0 Å². The normalized spacial score (nSPS) is 24.6. The molecule has 2 bridgehead atoms. The molecule has 158 valence electrons. The van der Waals surface area contributed by atoms with E-state index in [4.69, 9.17) is 0 Å². The van der Waals surface area contributed by atoms with E-state index in [0.717, 1.165) is 0 Å². The first-order valence-electron chi connectivity index (χ1n) is 10.8. The van der Waals surface area contributed by atoms with Crippen molar-refractivity contribution < 1.29 is 9.59 Å². The lowest BCUT2D eigenvalue weighted by Crippen LogP contribution is -2.57. The van der Waals surface area contributed by atoms with Crippen LogP contribution in [0.5, 0.6) is 0 Å². The average Bonchev–Trinajstić information content (AvgIpc) is 2.64. The molecule has 0 fully saturated rings. The van der Waals surface area contributed by atoms with Crippen molar-refractivity contribution in [3.8, 4) is 0 Å². The van der Waals surface area contributed by atoms with Gasteiger partial charge in [-0.05, 0) is 63.8 Å². The Morgan fingerprint density at radius 3 is 1.10 bits per heavy atom. The number of rotatable bonds is 2. The standard InChI is InChI=1S/C26H32N2O2/c1-25(2,3)27-23(29)21-19-15-11-7-9-13-17(15)20(18-14-10-8-12-16(18)19)22(21)24(30)28-26(4,5)6/h7-14,19-22H,1-6H3,(H,27,29)(H,28,30)/t19?,20?,21-,22-/m0/s1. The first-order chi connectivity index (χ1) is 14.0. The fraction of sp³-hybridized carbons (Fsp3) is 0.462. The minimum Gasteiger partial charge on any atom is -0.351 e. The quantitative estimate of drug-likeness (QED) is 0.782. The molecule has 0 saturated carbocycles. The van der Waals surface area contributed by atoms with Crippen molar-refractivity contribution in [2.75, 3.05) is 0 Å². The molecule has 3 aliphatic carbocycles. The second kappa shape index (κ2) is 6.97. The molecule has 2 aromatic rings. The van der Waals surface area contributed by atoms with Crippen molar-refractivity contribution in [1.82, 2.24) is 10.6 Å². The highest BCUT2D eigenvalue weighted by Gasteiger charge is 2.55. The van der Waals surface area contributed by atoms with E-state index in [1.165, 1.54) is 22.3 Å². The van der Waals surface area contributed by atoms with E-state index in [1.54, 1.807) is 0 Å². The zero-order valence-corrected chi connectivity index (χ0v) is 18.7. The van der Waals surface area contributed by atoms with Gasteiger partial charge < -0.3 is 10.6 Å². The average molecular weight is 405 g/mol. The van der Waals surface area contributed by atoms with Crippen LogP contribution in [0.2, 0.25) is 0 Å². The Morgan fingerprint density at radius 2 is 0.867 bits per heavy atom. The number of carbonyl (C=O) groups excluding carboxylic acids is 2. The maximum Gasteiger partial charge on any atom is 0.225 e. The Kier molecular flexibility index (Phi) is 4.80. The zero-order chi connectivity index (χ0) is 21.8. The van der Waals surface area contributed by atoms with Gasteiger partial charge in [0.2, 0.25) is 11.8 Å². The van der Waals surface area contributed by atoms with E-state index in [0.29, 0.717) is 0 Å². The summed E-state index contributed by atoms with van der Waals surface area (Å²) < 4.78 is 0. The van der Waals surface area contributed by atoms with Crippen LogP contribution in [-0.4, -0.2) is 22.9 Å². The molecule has 2 aromatic carbocycles. The lowest BCUT2D eigenvalue weighted by molar-refractivity contribution is -0.138. The Bertz CT molecular complexity index is 869. The topological polar surface area (TPSA) is 58.2 Å². The summed E-state index contributed by atoms with van der Waals surface area (Å²) in [4.78, 5) is 27.2. The van der Waals surface area contributed by atoms with E-state index in [9.17, 15) is 9.59 Å². The van der Waals surface area contributed by atoms with Gasteiger partial charge in [-0.15, -0.1) is 0 Å². The molecular formula is C26H32N2O2. The van der Waals surface area contributed by atoms with Gasteiger partial charge in [-0.2, -0.15) is 0 Å². The van der Waals surface area contributed by atoms with Crippen LogP contribution in [0, 0.1) is 11.8 Å². The van der Waals surface area contributed by atoms with Crippen LogP contribution in [0.15, 0.2) is 48.5 Å². The van der Waals surface area contributed by atoms with Crippen LogP contribution in [0.4, 0.5) is 0 Å². The molecule has 0 aliphatic heterocycles. The van der Waals surface area contributed by atoms with Gasteiger partial charge in [0.05, 0.1) is 11.8 Å². The van der Waals surface area contributed by atoms with Gasteiger partial charge in [0.15, 0.2) is 0 Å². The predicted molar refractivity (Wildman–Crippen MR) is 119 cm³/mol. The van der Waals surface area contributed by atoms with E-state index < -0.39 is 11.8 Å². The fourth-order valence-corrected chi connectivity index (χ4v) is 5.21. The molecule has 30 heavy (non-hydrogen) atoms. The molecular weight excluding hydrogens is 372 g/mol. The fourth-order valence-electron chi connectivity index (χ4n) is 5.21. The highest BCUT2D eigenvalue weighted by atomic mass is 16.2. The second-order valence-corrected chi connectivity index (χ2v) is 10.7. The van der Waals surface area contributed by atoms with Crippen molar-refractivity contribution in [3.05, 3.63) is 70.8 Å². The molecule has 5 rings (SSSR count). The lowest BCUT2D eigenvalue weighted by Gasteiger charge is -2.50. The molecule has 4 heteroatoms. The summed E-state index contributed by atoms with van der Waals surface area (Å²) in [7, 11) is 0. The van der Waals surface area contributed by atoms with Crippen LogP contribution in [0.1, 0.15) is 75.6 Å². The summed E-state index contributed by atoms with van der Waals surface area (Å²) in [5.74, 6) is -1.23. The van der Waals surface area contributed by atoms with Gasteiger partial charge in [-0.1, -0.05) is 48.5 Å². The number of carbonyl (C=O) groups is 2. The summed E-state index contributed by atoms with van der Waals surface area (Å²) in [6, 6.07) is 16.6. The van der Waals surface area contributed by atoms with Crippen molar-refractivity contribution in [2.45, 2.75) is 64.5 Å². The maximum absolute atomic E-state index is 13.6. The monoisotopic (exact) mass is 404 g/mol. The van der Waals surface area contributed by atoms with Crippen molar-refractivity contribution in [2.24, 2.45) is 11.8 Å². The maximum atomic E-state index is 13.6. The Hall–Kier alpha value is -2.62. The third kappa shape index (κ3) is 3.53. The summed E-state index contributed by atoms with van der Waals surface area (Å²) >= 11 is 0. The molecule has 0 heterocycles. The molecule has 0 radical (unpaired) electrons. The number of fused-ring (bicyclic) bond motifs is 1. The summed E-state index contributed by atoms with van der Waals surface area (Å²) in [6.45, 7) is 11.9. The molecule has 2 N–H and O–H groups in total. The van der Waals surface area contributed by atoms with Gasteiger partial charge in [-0.25, -0.2) is 0 Å². The number of hydrogen-bond donors (Lipinski definition) is 2. The summed E-state index contributed by atoms with van der Waals surface area (Å²) in [5, 5.41) is 6.33.